The van der Waals surface area contributed by atoms with E-state index in [9.17, 15) is 19.2 Å². The van der Waals surface area contributed by atoms with Gasteiger partial charge in [-0.05, 0) is 69.2 Å². The van der Waals surface area contributed by atoms with Crippen LogP contribution in [0.15, 0.2) is 60.9 Å². The van der Waals surface area contributed by atoms with Crippen molar-refractivity contribution in [3.05, 3.63) is 72.0 Å². The summed E-state index contributed by atoms with van der Waals surface area (Å²) < 4.78 is 26.8. The SMILES string of the molecule is C=C(C)OCC(COC(=O)C(CCCCNC(=O)OC(C)(C)C)NC(=O)OCC1c2ccccc2-c2ccccc21)OC(C)=O. The molecule has 11 heteroatoms. The zero-order valence-corrected chi connectivity index (χ0v) is 26.7. The number of unbranched alkanes of at least 4 members (excludes halogenated alkanes) is 1. The Morgan fingerprint density at radius 1 is 0.844 bits per heavy atom. The van der Waals surface area contributed by atoms with Crippen molar-refractivity contribution in [2.75, 3.05) is 26.4 Å². The lowest BCUT2D eigenvalue weighted by molar-refractivity contribution is -0.161. The van der Waals surface area contributed by atoms with Gasteiger partial charge in [-0.1, -0.05) is 55.1 Å². The van der Waals surface area contributed by atoms with Gasteiger partial charge in [0.1, 0.15) is 31.5 Å². The van der Waals surface area contributed by atoms with E-state index in [1.54, 1.807) is 27.7 Å². The predicted octanol–water partition coefficient (Wildman–Crippen LogP) is 5.61. The fraction of sp³-hybridized carbons (Fsp3) is 0.471. The summed E-state index contributed by atoms with van der Waals surface area (Å²) in [6.45, 7) is 11.9. The van der Waals surface area contributed by atoms with Crippen LogP contribution in [0.1, 0.15) is 70.9 Å². The molecule has 0 aliphatic heterocycles. The second-order valence-corrected chi connectivity index (χ2v) is 11.8. The largest absolute Gasteiger partial charge is 0.495 e. The highest BCUT2D eigenvalue weighted by atomic mass is 16.6. The predicted molar refractivity (Wildman–Crippen MR) is 167 cm³/mol. The molecule has 244 valence electrons. The van der Waals surface area contributed by atoms with Crippen LogP contribution >= 0.6 is 0 Å². The first-order valence-corrected chi connectivity index (χ1v) is 15.0. The van der Waals surface area contributed by atoms with Crippen molar-refractivity contribution in [1.29, 1.82) is 0 Å². The standard InChI is InChI=1S/C34H44N2O9/c1-22(2)41-19-24(44-23(3)37)20-42-31(38)30(17-11-12-18-35-32(39)45-34(4,5)6)36-33(40)43-21-29-27-15-9-7-13-25(27)26-14-8-10-16-28(26)29/h7-10,13-16,24,29-30H,1,11-12,17-21H2,2-6H3,(H,35,39)(H,36,40). The summed E-state index contributed by atoms with van der Waals surface area (Å²) in [6.07, 6.45) is -0.990. The Hall–Kier alpha value is -4.54. The molecular weight excluding hydrogens is 580 g/mol. The number of hydrogen-bond donors (Lipinski definition) is 2. The zero-order valence-electron chi connectivity index (χ0n) is 26.7. The van der Waals surface area contributed by atoms with Crippen LogP contribution in [0.25, 0.3) is 11.1 Å². The summed E-state index contributed by atoms with van der Waals surface area (Å²) in [5, 5.41) is 5.31. The van der Waals surface area contributed by atoms with Gasteiger partial charge in [-0.3, -0.25) is 4.79 Å². The molecule has 0 bridgehead atoms. The van der Waals surface area contributed by atoms with Crippen LogP contribution in [0, 0.1) is 0 Å². The summed E-state index contributed by atoms with van der Waals surface area (Å²) in [4.78, 5) is 49.6. The van der Waals surface area contributed by atoms with E-state index in [0.717, 1.165) is 22.3 Å². The Labute approximate surface area is 264 Å². The first-order valence-electron chi connectivity index (χ1n) is 15.0. The Kier molecular flexibility index (Phi) is 12.8. The van der Waals surface area contributed by atoms with Gasteiger partial charge in [-0.2, -0.15) is 0 Å². The summed E-state index contributed by atoms with van der Waals surface area (Å²) >= 11 is 0. The average Bonchev–Trinajstić information content (AvgIpc) is 3.29. The number of rotatable bonds is 15. The lowest BCUT2D eigenvalue weighted by Gasteiger charge is -2.22. The Balaban J connectivity index is 1.61. The van der Waals surface area contributed by atoms with Crippen molar-refractivity contribution in [3.8, 4) is 11.1 Å². The van der Waals surface area contributed by atoms with E-state index in [4.69, 9.17) is 23.7 Å². The van der Waals surface area contributed by atoms with Crippen LogP contribution in [0.5, 0.6) is 0 Å². The maximum atomic E-state index is 13.1. The number of hydrogen-bond acceptors (Lipinski definition) is 9. The fourth-order valence-corrected chi connectivity index (χ4v) is 4.87. The molecule has 2 unspecified atom stereocenters. The number of nitrogens with one attached hydrogen (secondary N) is 2. The van der Waals surface area contributed by atoms with E-state index in [1.807, 2.05) is 48.5 Å². The number of esters is 2. The smallest absolute Gasteiger partial charge is 0.407 e. The molecule has 0 radical (unpaired) electrons. The van der Waals surface area contributed by atoms with Crippen LogP contribution < -0.4 is 10.6 Å². The van der Waals surface area contributed by atoms with Crippen LogP contribution in [0.4, 0.5) is 9.59 Å². The summed E-state index contributed by atoms with van der Waals surface area (Å²) in [6, 6.07) is 14.9. The molecule has 2 aromatic carbocycles. The summed E-state index contributed by atoms with van der Waals surface area (Å²) in [7, 11) is 0. The molecule has 3 rings (SSSR count). The number of fused-ring (bicyclic) bond motifs is 3. The Morgan fingerprint density at radius 2 is 1.44 bits per heavy atom. The molecule has 0 spiro atoms. The van der Waals surface area contributed by atoms with Crippen molar-refractivity contribution in [3.63, 3.8) is 0 Å². The van der Waals surface area contributed by atoms with E-state index in [1.165, 1.54) is 6.92 Å². The van der Waals surface area contributed by atoms with Gasteiger partial charge < -0.3 is 34.3 Å². The minimum Gasteiger partial charge on any atom is -0.495 e. The van der Waals surface area contributed by atoms with Gasteiger partial charge in [0.05, 0.1) is 5.76 Å². The molecule has 2 atom stereocenters. The van der Waals surface area contributed by atoms with Gasteiger partial charge in [0, 0.05) is 19.4 Å². The second kappa shape index (κ2) is 16.5. The molecule has 2 N–H and O–H groups in total. The van der Waals surface area contributed by atoms with Gasteiger partial charge in [0.25, 0.3) is 0 Å². The van der Waals surface area contributed by atoms with Gasteiger partial charge in [0.2, 0.25) is 0 Å². The Morgan fingerprint density at radius 3 is 2.02 bits per heavy atom. The van der Waals surface area contributed by atoms with E-state index in [0.29, 0.717) is 25.1 Å². The number of carbonyl (C=O) groups excluding carboxylic acids is 4. The van der Waals surface area contributed by atoms with E-state index in [-0.39, 0.29) is 32.2 Å². The Bertz CT molecular complexity index is 1310. The van der Waals surface area contributed by atoms with Crippen molar-refractivity contribution in [2.45, 2.75) is 77.5 Å². The van der Waals surface area contributed by atoms with E-state index >= 15 is 0 Å². The van der Waals surface area contributed by atoms with Gasteiger partial charge in [-0.15, -0.1) is 0 Å². The molecule has 0 saturated carbocycles. The lowest BCUT2D eigenvalue weighted by atomic mass is 9.98. The number of carbonyl (C=O) groups is 4. The number of amides is 2. The lowest BCUT2D eigenvalue weighted by Crippen LogP contribution is -2.43. The molecule has 2 amide bonds. The molecule has 0 saturated heterocycles. The van der Waals surface area contributed by atoms with E-state index in [2.05, 4.69) is 17.2 Å². The van der Waals surface area contributed by atoms with Crippen LogP contribution in [-0.2, 0) is 33.3 Å². The first kappa shape index (κ1) is 34.9. The monoisotopic (exact) mass is 624 g/mol. The normalized spacial score (nSPS) is 13.4. The van der Waals surface area contributed by atoms with Crippen molar-refractivity contribution in [2.24, 2.45) is 0 Å². The van der Waals surface area contributed by atoms with E-state index < -0.39 is 41.9 Å². The van der Waals surface area contributed by atoms with Crippen LogP contribution in [-0.4, -0.2) is 68.2 Å². The third kappa shape index (κ3) is 11.5. The van der Waals surface area contributed by atoms with Crippen molar-refractivity contribution in [1.82, 2.24) is 10.6 Å². The highest BCUT2D eigenvalue weighted by Gasteiger charge is 2.30. The molecule has 0 fully saturated rings. The quantitative estimate of drug-likeness (QED) is 0.112. The highest BCUT2D eigenvalue weighted by Crippen LogP contribution is 2.44. The molecule has 0 aromatic heterocycles. The summed E-state index contributed by atoms with van der Waals surface area (Å²) in [5.74, 6) is -1.03. The number of allylic oxidation sites excluding steroid dienone is 1. The molecule has 11 nitrogen and oxygen atoms in total. The molecule has 0 heterocycles. The molecule has 1 aliphatic rings. The van der Waals surface area contributed by atoms with Gasteiger partial charge >= 0.3 is 24.1 Å². The molecule has 45 heavy (non-hydrogen) atoms. The summed E-state index contributed by atoms with van der Waals surface area (Å²) in [5.41, 5.74) is 3.70. The third-order valence-electron chi connectivity index (χ3n) is 6.77. The third-order valence-corrected chi connectivity index (χ3v) is 6.77. The van der Waals surface area contributed by atoms with Crippen LogP contribution in [0.3, 0.4) is 0 Å². The number of alkyl carbamates (subject to hydrolysis) is 2. The maximum Gasteiger partial charge on any atom is 0.407 e. The minimum absolute atomic E-state index is 0.0526. The maximum absolute atomic E-state index is 13.1. The zero-order chi connectivity index (χ0) is 33.0. The first-order chi connectivity index (χ1) is 21.3. The van der Waals surface area contributed by atoms with Crippen molar-refractivity contribution < 1.29 is 42.9 Å². The molecular formula is C34H44N2O9. The fourth-order valence-electron chi connectivity index (χ4n) is 4.87. The van der Waals surface area contributed by atoms with Gasteiger partial charge in [0.15, 0.2) is 6.10 Å². The topological polar surface area (TPSA) is 138 Å². The second-order valence-electron chi connectivity index (χ2n) is 11.8. The van der Waals surface area contributed by atoms with Crippen molar-refractivity contribution >= 4 is 24.1 Å². The highest BCUT2D eigenvalue weighted by molar-refractivity contribution is 5.82. The molecule has 2 aromatic rings. The number of benzene rings is 2. The molecule has 1 aliphatic carbocycles. The van der Waals surface area contributed by atoms with Crippen LogP contribution in [0.2, 0.25) is 0 Å². The minimum atomic E-state index is -1.05. The number of ether oxygens (including phenoxy) is 5. The van der Waals surface area contributed by atoms with Gasteiger partial charge in [-0.25, -0.2) is 14.4 Å². The average molecular weight is 625 g/mol.